The Kier molecular flexibility index (Phi) is 6.42. The van der Waals surface area contributed by atoms with E-state index >= 15 is 0 Å². The lowest BCUT2D eigenvalue weighted by atomic mass is 10.1. The third-order valence-electron chi connectivity index (χ3n) is 3.89. The average molecular weight is 429 g/mol. The van der Waals surface area contributed by atoms with Crippen LogP contribution >= 0.6 is 0 Å². The molecular formula is C17H20FN3O5S2. The summed E-state index contributed by atoms with van der Waals surface area (Å²) in [6.45, 7) is 3.15. The molecule has 0 saturated carbocycles. The minimum absolute atomic E-state index is 0.0872. The maximum absolute atomic E-state index is 14.0. The van der Waals surface area contributed by atoms with E-state index in [1.807, 2.05) is 0 Å². The van der Waals surface area contributed by atoms with Crippen LogP contribution in [-0.2, 0) is 20.0 Å². The molecule has 0 aromatic heterocycles. The molecule has 0 radical (unpaired) electrons. The second-order valence-corrected chi connectivity index (χ2v) is 9.74. The van der Waals surface area contributed by atoms with Crippen LogP contribution in [0, 0.1) is 12.7 Å². The van der Waals surface area contributed by atoms with Gasteiger partial charge in [-0.25, -0.2) is 25.9 Å². The van der Waals surface area contributed by atoms with Crippen molar-refractivity contribution in [3.05, 3.63) is 53.3 Å². The van der Waals surface area contributed by atoms with Crippen molar-refractivity contribution in [2.45, 2.75) is 18.7 Å². The van der Waals surface area contributed by atoms with Crippen LogP contribution in [0.3, 0.4) is 0 Å². The third-order valence-corrected chi connectivity index (χ3v) is 6.59. The number of carbonyl (C=O) groups is 1. The number of halogens is 1. The topological polar surface area (TPSA) is 121 Å². The number of nitrogens with one attached hydrogen (secondary N) is 3. The second kappa shape index (κ2) is 8.25. The van der Waals surface area contributed by atoms with E-state index in [1.165, 1.54) is 32.2 Å². The molecule has 0 unspecified atom stereocenters. The van der Waals surface area contributed by atoms with Gasteiger partial charge in [-0.2, -0.15) is 0 Å². The van der Waals surface area contributed by atoms with Crippen LogP contribution in [0.2, 0.25) is 0 Å². The van der Waals surface area contributed by atoms with Crippen LogP contribution in [0.1, 0.15) is 22.8 Å². The highest BCUT2D eigenvalue weighted by Crippen LogP contribution is 2.22. The first kappa shape index (κ1) is 21.8. The van der Waals surface area contributed by atoms with Gasteiger partial charge in [-0.1, -0.05) is 0 Å². The molecule has 8 nitrogen and oxygen atoms in total. The second-order valence-electron chi connectivity index (χ2n) is 5.84. The molecule has 0 bridgehead atoms. The molecule has 0 heterocycles. The number of hydrogen-bond donors (Lipinski definition) is 3. The van der Waals surface area contributed by atoms with Gasteiger partial charge in [0.1, 0.15) is 5.82 Å². The number of carbonyl (C=O) groups excluding carboxylic acids is 1. The summed E-state index contributed by atoms with van der Waals surface area (Å²) < 4.78 is 65.6. The van der Waals surface area contributed by atoms with E-state index in [2.05, 4.69) is 14.8 Å². The highest BCUT2D eigenvalue weighted by Gasteiger charge is 2.19. The molecule has 0 fully saturated rings. The summed E-state index contributed by atoms with van der Waals surface area (Å²) in [5.41, 5.74) is 0.753. The SMILES string of the molecule is CCS(=O)(=O)Nc1ccc(NC(=O)c2cc(S(=O)(=O)NC)ccc2F)cc1C. The van der Waals surface area contributed by atoms with Gasteiger partial charge < -0.3 is 5.32 Å². The molecule has 0 aliphatic heterocycles. The van der Waals surface area contributed by atoms with Crippen molar-refractivity contribution in [2.75, 3.05) is 22.8 Å². The minimum Gasteiger partial charge on any atom is -0.322 e. The molecule has 0 aliphatic carbocycles. The number of aryl methyl sites for hydroxylation is 1. The summed E-state index contributed by atoms with van der Waals surface area (Å²) in [5.74, 6) is -1.81. The summed E-state index contributed by atoms with van der Waals surface area (Å²) >= 11 is 0. The molecule has 3 N–H and O–H groups in total. The van der Waals surface area contributed by atoms with Gasteiger partial charge in [0.25, 0.3) is 5.91 Å². The van der Waals surface area contributed by atoms with Crippen molar-refractivity contribution in [2.24, 2.45) is 0 Å². The number of rotatable bonds is 7. The fourth-order valence-corrected chi connectivity index (χ4v) is 3.72. The Hall–Kier alpha value is -2.50. The fraction of sp³-hybridized carbons (Fsp3) is 0.235. The van der Waals surface area contributed by atoms with E-state index in [1.54, 1.807) is 6.92 Å². The van der Waals surface area contributed by atoms with Gasteiger partial charge in [-0.3, -0.25) is 9.52 Å². The molecular weight excluding hydrogens is 409 g/mol. The number of benzene rings is 2. The van der Waals surface area contributed by atoms with Crippen LogP contribution in [0.4, 0.5) is 15.8 Å². The van der Waals surface area contributed by atoms with E-state index < -0.39 is 37.3 Å². The van der Waals surface area contributed by atoms with E-state index in [0.717, 1.165) is 18.2 Å². The third kappa shape index (κ3) is 5.06. The normalized spacial score (nSPS) is 11.9. The van der Waals surface area contributed by atoms with Gasteiger partial charge in [-0.05, 0) is 62.9 Å². The predicted molar refractivity (Wildman–Crippen MR) is 105 cm³/mol. The zero-order chi connectivity index (χ0) is 21.1. The van der Waals surface area contributed by atoms with Gasteiger partial charge >= 0.3 is 0 Å². The van der Waals surface area contributed by atoms with E-state index in [9.17, 15) is 26.0 Å². The number of anilines is 2. The Bertz CT molecular complexity index is 1120. The van der Waals surface area contributed by atoms with Crippen LogP contribution in [0.25, 0.3) is 0 Å². The smallest absolute Gasteiger partial charge is 0.258 e. The molecule has 0 spiro atoms. The van der Waals surface area contributed by atoms with Crippen LogP contribution in [0.15, 0.2) is 41.3 Å². The van der Waals surface area contributed by atoms with Crippen molar-refractivity contribution in [3.8, 4) is 0 Å². The zero-order valence-electron chi connectivity index (χ0n) is 15.4. The molecule has 1 amide bonds. The van der Waals surface area contributed by atoms with Crippen molar-refractivity contribution >= 4 is 37.3 Å². The first-order valence-corrected chi connectivity index (χ1v) is 11.3. The molecule has 11 heteroatoms. The average Bonchev–Trinajstić information content (AvgIpc) is 2.64. The molecule has 0 atom stereocenters. The fourth-order valence-electron chi connectivity index (χ4n) is 2.26. The predicted octanol–water partition coefficient (Wildman–Crippen LogP) is 2.06. The van der Waals surface area contributed by atoms with Gasteiger partial charge in [0.15, 0.2) is 0 Å². The Balaban J connectivity index is 2.28. The van der Waals surface area contributed by atoms with Crippen LogP contribution < -0.4 is 14.8 Å². The Morgan fingerprint density at radius 3 is 2.32 bits per heavy atom. The lowest BCUT2D eigenvalue weighted by Crippen LogP contribution is -2.20. The molecule has 28 heavy (non-hydrogen) atoms. The molecule has 2 aromatic carbocycles. The summed E-state index contributed by atoms with van der Waals surface area (Å²) in [7, 11) is -6.08. The standard InChI is InChI=1S/C17H20FN3O5S2/c1-4-27(23,24)21-16-8-5-12(9-11(16)2)20-17(22)14-10-13(6-7-15(14)18)28(25,26)19-3/h5-10,19,21H,4H2,1-3H3,(H,20,22). The maximum atomic E-state index is 14.0. The first-order valence-electron chi connectivity index (χ1n) is 8.14. The maximum Gasteiger partial charge on any atom is 0.258 e. The molecule has 2 aromatic rings. The Labute approximate surface area is 163 Å². The van der Waals surface area contributed by atoms with Gasteiger partial charge in [0.05, 0.1) is 21.9 Å². The highest BCUT2D eigenvalue weighted by atomic mass is 32.2. The Morgan fingerprint density at radius 2 is 1.75 bits per heavy atom. The summed E-state index contributed by atoms with van der Waals surface area (Å²) in [6, 6.07) is 7.31. The van der Waals surface area contributed by atoms with Crippen molar-refractivity contribution in [1.29, 1.82) is 0 Å². The van der Waals surface area contributed by atoms with E-state index in [4.69, 9.17) is 0 Å². The zero-order valence-corrected chi connectivity index (χ0v) is 17.0. The largest absolute Gasteiger partial charge is 0.322 e. The molecule has 0 saturated heterocycles. The summed E-state index contributed by atoms with van der Waals surface area (Å²) in [4.78, 5) is 12.1. The van der Waals surface area contributed by atoms with Crippen molar-refractivity contribution < 1.29 is 26.0 Å². The quantitative estimate of drug-likeness (QED) is 0.622. The van der Waals surface area contributed by atoms with Crippen LogP contribution in [-0.4, -0.2) is 35.5 Å². The Morgan fingerprint density at radius 1 is 1.07 bits per heavy atom. The lowest BCUT2D eigenvalue weighted by Gasteiger charge is -2.12. The monoisotopic (exact) mass is 429 g/mol. The summed E-state index contributed by atoms with van der Waals surface area (Å²) in [5, 5.41) is 2.47. The first-order chi connectivity index (χ1) is 13.0. The van der Waals surface area contributed by atoms with Crippen molar-refractivity contribution in [3.63, 3.8) is 0 Å². The van der Waals surface area contributed by atoms with E-state index in [0.29, 0.717) is 16.9 Å². The number of amides is 1. The highest BCUT2D eigenvalue weighted by molar-refractivity contribution is 7.92. The van der Waals surface area contributed by atoms with E-state index in [-0.39, 0.29) is 10.6 Å². The summed E-state index contributed by atoms with van der Waals surface area (Å²) in [6.07, 6.45) is 0. The molecule has 0 aliphatic rings. The number of sulfonamides is 2. The van der Waals surface area contributed by atoms with Crippen LogP contribution in [0.5, 0.6) is 0 Å². The molecule has 152 valence electrons. The minimum atomic E-state index is -3.84. The van der Waals surface area contributed by atoms with Gasteiger partial charge in [-0.15, -0.1) is 0 Å². The number of hydrogen-bond acceptors (Lipinski definition) is 5. The van der Waals surface area contributed by atoms with Gasteiger partial charge in [0, 0.05) is 5.69 Å². The van der Waals surface area contributed by atoms with Gasteiger partial charge in [0.2, 0.25) is 20.0 Å². The lowest BCUT2D eigenvalue weighted by molar-refractivity contribution is 0.102. The van der Waals surface area contributed by atoms with Crippen molar-refractivity contribution in [1.82, 2.24) is 4.72 Å². The molecule has 2 rings (SSSR count).